The Bertz CT molecular complexity index is 832. The molecule has 0 saturated heterocycles. The molecule has 1 aliphatic heterocycles. The second-order valence-electron chi connectivity index (χ2n) is 7.47. The Balaban J connectivity index is 1.68. The van der Waals surface area contributed by atoms with Gasteiger partial charge in [0.05, 0.1) is 11.0 Å². The van der Waals surface area contributed by atoms with E-state index in [9.17, 15) is 9.59 Å². The van der Waals surface area contributed by atoms with Gasteiger partial charge in [0.1, 0.15) is 6.04 Å². The quantitative estimate of drug-likeness (QED) is 0.679. The number of benzene rings is 1. The highest BCUT2D eigenvalue weighted by atomic mass is 16.5. The third-order valence-electron chi connectivity index (χ3n) is 4.81. The first-order chi connectivity index (χ1) is 13.5. The van der Waals surface area contributed by atoms with Gasteiger partial charge in [0, 0.05) is 33.4 Å². The summed E-state index contributed by atoms with van der Waals surface area (Å²) in [5.74, 6) is 0.742. The Morgan fingerprint density at radius 3 is 2.79 bits per heavy atom. The predicted molar refractivity (Wildman–Crippen MR) is 108 cm³/mol. The molecule has 1 aromatic carbocycles. The summed E-state index contributed by atoms with van der Waals surface area (Å²) in [5.41, 5.74) is 1.88. The lowest BCUT2D eigenvalue weighted by Crippen LogP contribution is -2.51. The first kappa shape index (κ1) is 20.1. The summed E-state index contributed by atoms with van der Waals surface area (Å²) in [6.07, 6.45) is 1.31. The number of nitrogens with zero attached hydrogens (tertiary/aromatic N) is 3. The van der Waals surface area contributed by atoms with Crippen LogP contribution in [0.25, 0.3) is 11.0 Å². The van der Waals surface area contributed by atoms with E-state index in [1.54, 1.807) is 12.0 Å². The van der Waals surface area contributed by atoms with Crippen LogP contribution in [0.15, 0.2) is 24.3 Å². The van der Waals surface area contributed by atoms with Gasteiger partial charge < -0.3 is 19.9 Å². The average molecular weight is 387 g/mol. The summed E-state index contributed by atoms with van der Waals surface area (Å²) in [7, 11) is 1.63. The molecule has 0 aliphatic carbocycles. The zero-order valence-electron chi connectivity index (χ0n) is 16.8. The minimum absolute atomic E-state index is 0.161. The van der Waals surface area contributed by atoms with Crippen molar-refractivity contribution in [2.45, 2.75) is 39.3 Å². The number of fused-ring (bicyclic) bond motifs is 3. The third kappa shape index (κ3) is 4.44. The molecule has 2 aromatic rings. The van der Waals surface area contributed by atoms with Gasteiger partial charge in [-0.05, 0) is 30.9 Å². The molecule has 1 unspecified atom stereocenters. The largest absolute Gasteiger partial charge is 0.385 e. The van der Waals surface area contributed by atoms with E-state index in [0.29, 0.717) is 38.6 Å². The van der Waals surface area contributed by atoms with Crippen molar-refractivity contribution in [3.63, 3.8) is 0 Å². The number of amides is 3. The van der Waals surface area contributed by atoms with E-state index in [-0.39, 0.29) is 17.9 Å². The molecule has 0 saturated carbocycles. The van der Waals surface area contributed by atoms with Crippen molar-refractivity contribution in [2.24, 2.45) is 5.92 Å². The van der Waals surface area contributed by atoms with Gasteiger partial charge in [0.15, 0.2) is 0 Å². The van der Waals surface area contributed by atoms with Crippen LogP contribution in [0.5, 0.6) is 0 Å². The molecule has 2 N–H and O–H groups in total. The Morgan fingerprint density at radius 1 is 1.25 bits per heavy atom. The molecule has 0 spiro atoms. The van der Waals surface area contributed by atoms with E-state index in [0.717, 1.165) is 17.5 Å². The van der Waals surface area contributed by atoms with Crippen molar-refractivity contribution in [1.29, 1.82) is 0 Å². The number of imidazole rings is 1. The summed E-state index contributed by atoms with van der Waals surface area (Å²) >= 11 is 0. The number of hydrogen-bond acceptors (Lipinski definition) is 4. The SMILES string of the molecule is COCCCNC(=O)C(CC(C)C)NC(=O)N1CCn2c1nc1ccccc12. The van der Waals surface area contributed by atoms with E-state index in [1.165, 1.54) is 0 Å². The fourth-order valence-electron chi connectivity index (χ4n) is 3.46. The zero-order valence-corrected chi connectivity index (χ0v) is 16.8. The van der Waals surface area contributed by atoms with Crippen LogP contribution in [0.4, 0.5) is 10.7 Å². The van der Waals surface area contributed by atoms with E-state index < -0.39 is 6.04 Å². The molecular formula is C20H29N5O3. The average Bonchev–Trinajstić information content (AvgIpc) is 3.23. The molecule has 3 rings (SSSR count). The number of carbonyl (C=O) groups excluding carboxylic acids is 2. The first-order valence-corrected chi connectivity index (χ1v) is 9.81. The molecule has 0 fully saturated rings. The molecule has 2 heterocycles. The number of methoxy groups -OCH3 is 1. The molecule has 1 atom stereocenters. The standard InChI is InChI=1S/C20H29N5O3/c1-14(2)13-16(18(26)21-9-6-12-28-3)23-20(27)25-11-10-24-17-8-5-4-7-15(17)22-19(24)25/h4-5,7-8,14,16H,6,9-13H2,1-3H3,(H,21,26)(H,23,27). The van der Waals surface area contributed by atoms with Gasteiger partial charge >= 0.3 is 6.03 Å². The fraction of sp³-hybridized carbons (Fsp3) is 0.550. The minimum atomic E-state index is -0.575. The smallest absolute Gasteiger partial charge is 0.324 e. The predicted octanol–water partition coefficient (Wildman–Crippen LogP) is 2.13. The van der Waals surface area contributed by atoms with Crippen molar-refractivity contribution in [1.82, 2.24) is 20.2 Å². The van der Waals surface area contributed by atoms with Crippen LogP contribution < -0.4 is 15.5 Å². The third-order valence-corrected chi connectivity index (χ3v) is 4.81. The number of anilines is 1. The highest BCUT2D eigenvalue weighted by Gasteiger charge is 2.31. The molecule has 28 heavy (non-hydrogen) atoms. The van der Waals surface area contributed by atoms with Gasteiger partial charge in [-0.15, -0.1) is 0 Å². The number of nitrogens with one attached hydrogen (secondary N) is 2. The molecule has 152 valence electrons. The number of carbonyl (C=O) groups is 2. The first-order valence-electron chi connectivity index (χ1n) is 9.81. The number of ether oxygens (including phenoxy) is 1. The maximum Gasteiger partial charge on any atom is 0.324 e. The number of hydrogen-bond donors (Lipinski definition) is 2. The van der Waals surface area contributed by atoms with Crippen LogP contribution in [0, 0.1) is 5.92 Å². The van der Waals surface area contributed by atoms with E-state index in [2.05, 4.69) is 15.6 Å². The second-order valence-corrected chi connectivity index (χ2v) is 7.47. The van der Waals surface area contributed by atoms with Gasteiger partial charge in [-0.1, -0.05) is 26.0 Å². The maximum atomic E-state index is 12.9. The molecule has 8 nitrogen and oxygen atoms in total. The number of para-hydroxylation sites is 2. The van der Waals surface area contributed by atoms with Crippen LogP contribution in [-0.4, -0.2) is 54.3 Å². The zero-order chi connectivity index (χ0) is 20.1. The van der Waals surface area contributed by atoms with Crippen LogP contribution in [-0.2, 0) is 16.1 Å². The Hall–Kier alpha value is -2.61. The molecule has 8 heteroatoms. The van der Waals surface area contributed by atoms with Crippen molar-refractivity contribution in [2.75, 3.05) is 31.7 Å². The lowest BCUT2D eigenvalue weighted by molar-refractivity contribution is -0.123. The van der Waals surface area contributed by atoms with E-state index in [4.69, 9.17) is 4.74 Å². The van der Waals surface area contributed by atoms with Crippen LogP contribution >= 0.6 is 0 Å². The van der Waals surface area contributed by atoms with Gasteiger partial charge in [-0.2, -0.15) is 0 Å². The van der Waals surface area contributed by atoms with Gasteiger partial charge in [-0.25, -0.2) is 9.78 Å². The van der Waals surface area contributed by atoms with Gasteiger partial charge in [0.25, 0.3) is 0 Å². The minimum Gasteiger partial charge on any atom is -0.385 e. The fourth-order valence-corrected chi connectivity index (χ4v) is 3.46. The Labute approximate surface area is 165 Å². The van der Waals surface area contributed by atoms with Crippen LogP contribution in [0.2, 0.25) is 0 Å². The highest BCUT2D eigenvalue weighted by molar-refractivity contribution is 5.96. The molecule has 1 aromatic heterocycles. The van der Waals surface area contributed by atoms with E-state index >= 15 is 0 Å². The highest BCUT2D eigenvalue weighted by Crippen LogP contribution is 2.27. The second kappa shape index (κ2) is 9.05. The summed E-state index contributed by atoms with van der Waals surface area (Å²) in [4.78, 5) is 31.7. The van der Waals surface area contributed by atoms with Crippen LogP contribution in [0.3, 0.4) is 0 Å². The van der Waals surface area contributed by atoms with Crippen molar-refractivity contribution < 1.29 is 14.3 Å². The lowest BCUT2D eigenvalue weighted by atomic mass is 10.0. The van der Waals surface area contributed by atoms with Gasteiger partial charge in [-0.3, -0.25) is 9.69 Å². The molecule has 0 radical (unpaired) electrons. The molecule has 1 aliphatic rings. The number of rotatable bonds is 8. The maximum absolute atomic E-state index is 12.9. The van der Waals surface area contributed by atoms with Crippen LogP contribution in [0.1, 0.15) is 26.7 Å². The van der Waals surface area contributed by atoms with Crippen molar-refractivity contribution in [3.8, 4) is 0 Å². The topological polar surface area (TPSA) is 88.5 Å². The summed E-state index contributed by atoms with van der Waals surface area (Å²) < 4.78 is 7.04. The van der Waals surface area contributed by atoms with Gasteiger partial charge in [0.2, 0.25) is 11.9 Å². The molecule has 3 amide bonds. The van der Waals surface area contributed by atoms with E-state index in [1.807, 2.05) is 42.7 Å². The Morgan fingerprint density at radius 2 is 2.04 bits per heavy atom. The molecule has 0 bridgehead atoms. The summed E-state index contributed by atoms with van der Waals surface area (Å²) in [6, 6.07) is 6.98. The summed E-state index contributed by atoms with van der Waals surface area (Å²) in [5, 5.41) is 5.79. The molecular weight excluding hydrogens is 358 g/mol. The number of aromatic nitrogens is 2. The Kier molecular flexibility index (Phi) is 6.51. The summed E-state index contributed by atoms with van der Waals surface area (Å²) in [6.45, 7) is 6.42. The monoisotopic (exact) mass is 387 g/mol. The normalized spacial score (nSPS) is 14.4. The number of urea groups is 1. The van der Waals surface area contributed by atoms with Crippen molar-refractivity contribution in [3.05, 3.63) is 24.3 Å². The lowest BCUT2D eigenvalue weighted by Gasteiger charge is -2.23. The van der Waals surface area contributed by atoms with Crippen molar-refractivity contribution >= 4 is 28.9 Å².